The van der Waals surface area contributed by atoms with Crippen LogP contribution in [0.25, 0.3) is 0 Å². The smallest absolute Gasteiger partial charge is 0.222 e. The molecule has 0 unspecified atom stereocenters. The predicted octanol–water partition coefficient (Wildman–Crippen LogP) is 2.77. The predicted molar refractivity (Wildman–Crippen MR) is 92.2 cm³/mol. The Balaban J connectivity index is 1.68. The summed E-state index contributed by atoms with van der Waals surface area (Å²) in [4.78, 5) is 25.3. The fraction of sp³-hybridized carbons (Fsp3) is 0.368. The van der Waals surface area contributed by atoms with Crippen molar-refractivity contribution in [2.75, 3.05) is 13.1 Å². The molecule has 0 bridgehead atoms. The van der Waals surface area contributed by atoms with Crippen LogP contribution in [0.15, 0.2) is 53.1 Å². The third-order valence-electron chi connectivity index (χ3n) is 3.83. The Hall–Kier alpha value is -2.56. The summed E-state index contributed by atoms with van der Waals surface area (Å²) < 4.78 is 5.16. The molecule has 0 radical (unpaired) electrons. The van der Waals surface area contributed by atoms with Crippen LogP contribution in [-0.4, -0.2) is 29.8 Å². The van der Waals surface area contributed by atoms with Gasteiger partial charge in [-0.2, -0.15) is 0 Å². The number of hydrogen-bond donors (Lipinski definition) is 1. The molecule has 1 aromatic carbocycles. The topological polar surface area (TPSA) is 62.6 Å². The molecular formula is C19H24N2O3. The van der Waals surface area contributed by atoms with E-state index in [0.29, 0.717) is 26.1 Å². The SMILES string of the molecule is CC(=O)N(CCCc1ccccc1)CCC(=O)NCc1ccco1. The lowest BCUT2D eigenvalue weighted by molar-refractivity contribution is -0.129. The Morgan fingerprint density at radius 3 is 2.54 bits per heavy atom. The lowest BCUT2D eigenvalue weighted by atomic mass is 10.1. The van der Waals surface area contributed by atoms with Gasteiger partial charge in [0.25, 0.3) is 0 Å². The molecule has 1 aromatic heterocycles. The van der Waals surface area contributed by atoms with Crippen molar-refractivity contribution < 1.29 is 14.0 Å². The van der Waals surface area contributed by atoms with Gasteiger partial charge in [0.2, 0.25) is 11.8 Å². The van der Waals surface area contributed by atoms with Crippen LogP contribution in [0.2, 0.25) is 0 Å². The molecule has 1 heterocycles. The number of carbonyl (C=O) groups excluding carboxylic acids is 2. The first-order valence-electron chi connectivity index (χ1n) is 8.23. The van der Waals surface area contributed by atoms with E-state index in [-0.39, 0.29) is 11.8 Å². The minimum Gasteiger partial charge on any atom is -0.467 e. The third kappa shape index (κ3) is 6.28. The molecule has 0 aliphatic rings. The van der Waals surface area contributed by atoms with Gasteiger partial charge in [-0.3, -0.25) is 9.59 Å². The Bertz CT molecular complexity index is 623. The molecule has 0 saturated heterocycles. The van der Waals surface area contributed by atoms with Crippen molar-refractivity contribution in [2.24, 2.45) is 0 Å². The van der Waals surface area contributed by atoms with E-state index in [2.05, 4.69) is 17.4 Å². The number of furan rings is 1. The molecule has 0 aliphatic heterocycles. The molecule has 0 saturated carbocycles. The Labute approximate surface area is 142 Å². The van der Waals surface area contributed by atoms with Gasteiger partial charge in [0.15, 0.2) is 0 Å². The van der Waals surface area contributed by atoms with E-state index in [1.54, 1.807) is 24.2 Å². The molecule has 24 heavy (non-hydrogen) atoms. The second-order valence-electron chi connectivity index (χ2n) is 5.70. The molecule has 0 atom stereocenters. The molecule has 2 aromatic rings. The number of nitrogens with one attached hydrogen (secondary N) is 1. The highest BCUT2D eigenvalue weighted by atomic mass is 16.3. The zero-order valence-electron chi connectivity index (χ0n) is 14.0. The van der Waals surface area contributed by atoms with Crippen LogP contribution in [0, 0.1) is 0 Å². The number of nitrogens with zero attached hydrogens (tertiary/aromatic N) is 1. The molecule has 1 N–H and O–H groups in total. The minimum absolute atomic E-state index is 0.00176. The number of carbonyl (C=O) groups is 2. The Kier molecular flexibility index (Phi) is 7.08. The van der Waals surface area contributed by atoms with Crippen molar-refractivity contribution in [3.63, 3.8) is 0 Å². The lowest BCUT2D eigenvalue weighted by Crippen LogP contribution is -2.34. The van der Waals surface area contributed by atoms with Gasteiger partial charge in [0.1, 0.15) is 5.76 Å². The van der Waals surface area contributed by atoms with Crippen molar-refractivity contribution in [2.45, 2.75) is 32.7 Å². The van der Waals surface area contributed by atoms with Gasteiger partial charge >= 0.3 is 0 Å². The van der Waals surface area contributed by atoms with Gasteiger partial charge < -0.3 is 14.6 Å². The van der Waals surface area contributed by atoms with Gasteiger partial charge in [-0.25, -0.2) is 0 Å². The standard InChI is InChI=1S/C19H24N2O3/c1-16(22)21(12-5-9-17-7-3-2-4-8-17)13-11-19(23)20-15-18-10-6-14-24-18/h2-4,6-8,10,14H,5,9,11-13,15H2,1H3,(H,20,23). The van der Waals surface area contributed by atoms with E-state index in [1.807, 2.05) is 24.3 Å². The summed E-state index contributed by atoms with van der Waals surface area (Å²) >= 11 is 0. The monoisotopic (exact) mass is 328 g/mol. The van der Waals surface area contributed by atoms with Crippen molar-refractivity contribution >= 4 is 11.8 Å². The number of amides is 2. The van der Waals surface area contributed by atoms with Crippen LogP contribution in [-0.2, 0) is 22.6 Å². The summed E-state index contributed by atoms with van der Waals surface area (Å²) in [5, 5.41) is 2.79. The summed E-state index contributed by atoms with van der Waals surface area (Å²) in [5.41, 5.74) is 1.26. The molecular weight excluding hydrogens is 304 g/mol. The van der Waals surface area contributed by atoms with Gasteiger partial charge in [-0.15, -0.1) is 0 Å². The van der Waals surface area contributed by atoms with Crippen molar-refractivity contribution in [1.82, 2.24) is 10.2 Å². The number of rotatable bonds is 9. The molecule has 128 valence electrons. The fourth-order valence-corrected chi connectivity index (χ4v) is 2.47. The Morgan fingerprint density at radius 1 is 1.08 bits per heavy atom. The highest BCUT2D eigenvalue weighted by molar-refractivity contribution is 5.77. The second kappa shape index (κ2) is 9.55. The molecule has 0 fully saturated rings. The summed E-state index contributed by atoms with van der Waals surface area (Å²) in [6.45, 7) is 3.02. The van der Waals surface area contributed by atoms with Gasteiger partial charge in [-0.05, 0) is 30.5 Å². The minimum atomic E-state index is -0.0827. The molecule has 2 amide bonds. The summed E-state index contributed by atoms with van der Waals surface area (Å²) in [6.07, 6.45) is 3.68. The summed E-state index contributed by atoms with van der Waals surface area (Å²) in [7, 11) is 0. The van der Waals surface area contributed by atoms with Crippen LogP contribution in [0.3, 0.4) is 0 Å². The molecule has 5 nitrogen and oxygen atoms in total. The first-order chi connectivity index (χ1) is 11.6. The normalized spacial score (nSPS) is 10.4. The van der Waals surface area contributed by atoms with E-state index in [0.717, 1.165) is 18.6 Å². The van der Waals surface area contributed by atoms with E-state index in [4.69, 9.17) is 4.42 Å². The third-order valence-corrected chi connectivity index (χ3v) is 3.83. The number of aryl methyl sites for hydroxylation is 1. The quantitative estimate of drug-likeness (QED) is 0.770. The van der Waals surface area contributed by atoms with E-state index >= 15 is 0 Å². The highest BCUT2D eigenvalue weighted by Crippen LogP contribution is 2.05. The first kappa shape index (κ1) is 17.8. The van der Waals surface area contributed by atoms with Crippen molar-refractivity contribution in [3.05, 3.63) is 60.1 Å². The zero-order chi connectivity index (χ0) is 17.2. The average Bonchev–Trinajstić information content (AvgIpc) is 3.10. The highest BCUT2D eigenvalue weighted by Gasteiger charge is 2.11. The number of hydrogen-bond acceptors (Lipinski definition) is 3. The van der Waals surface area contributed by atoms with Crippen LogP contribution in [0.4, 0.5) is 0 Å². The zero-order valence-corrected chi connectivity index (χ0v) is 14.0. The molecule has 0 spiro atoms. The van der Waals surface area contributed by atoms with E-state index in [9.17, 15) is 9.59 Å². The van der Waals surface area contributed by atoms with Crippen molar-refractivity contribution in [1.29, 1.82) is 0 Å². The maximum atomic E-state index is 11.9. The lowest BCUT2D eigenvalue weighted by Gasteiger charge is -2.20. The molecule has 0 aliphatic carbocycles. The largest absolute Gasteiger partial charge is 0.467 e. The average molecular weight is 328 g/mol. The van der Waals surface area contributed by atoms with Crippen molar-refractivity contribution in [3.8, 4) is 0 Å². The van der Waals surface area contributed by atoms with Crippen LogP contribution < -0.4 is 5.32 Å². The second-order valence-corrected chi connectivity index (χ2v) is 5.70. The van der Waals surface area contributed by atoms with Gasteiger partial charge in [0.05, 0.1) is 12.8 Å². The fourth-order valence-electron chi connectivity index (χ4n) is 2.47. The van der Waals surface area contributed by atoms with Gasteiger partial charge in [0, 0.05) is 26.4 Å². The summed E-state index contributed by atoms with van der Waals surface area (Å²) in [5.74, 6) is 0.636. The maximum Gasteiger partial charge on any atom is 0.222 e. The summed E-state index contributed by atoms with van der Waals surface area (Å²) in [6, 6.07) is 13.8. The Morgan fingerprint density at radius 2 is 1.88 bits per heavy atom. The van der Waals surface area contributed by atoms with Gasteiger partial charge in [-0.1, -0.05) is 30.3 Å². The first-order valence-corrected chi connectivity index (χ1v) is 8.23. The molecule has 5 heteroatoms. The van der Waals surface area contributed by atoms with E-state index < -0.39 is 0 Å². The van der Waals surface area contributed by atoms with Crippen LogP contribution >= 0.6 is 0 Å². The van der Waals surface area contributed by atoms with Crippen LogP contribution in [0.5, 0.6) is 0 Å². The maximum absolute atomic E-state index is 11.9. The van der Waals surface area contributed by atoms with E-state index in [1.165, 1.54) is 5.56 Å². The number of benzene rings is 1. The molecule has 2 rings (SSSR count). The van der Waals surface area contributed by atoms with Crippen LogP contribution in [0.1, 0.15) is 31.1 Å².